The molecule has 0 spiro atoms. The van der Waals surface area contributed by atoms with Crippen molar-refractivity contribution in [2.75, 3.05) is 12.3 Å². The molecule has 2 fully saturated rings. The van der Waals surface area contributed by atoms with Crippen molar-refractivity contribution in [3.05, 3.63) is 45.8 Å². The summed E-state index contributed by atoms with van der Waals surface area (Å²) in [6.45, 7) is 6.20. The number of thioether (sulfide) groups is 2. The first-order valence-corrected chi connectivity index (χ1v) is 12.3. The Morgan fingerprint density at radius 3 is 2.82 bits per heavy atom. The van der Waals surface area contributed by atoms with Gasteiger partial charge in [0, 0.05) is 24.0 Å². The molecule has 28 heavy (non-hydrogen) atoms. The molecule has 1 amide bonds. The number of β-lactam (4-membered cyclic amide) rings is 1. The van der Waals surface area contributed by atoms with E-state index >= 15 is 0 Å². The first-order valence-electron chi connectivity index (χ1n) is 10.4. The summed E-state index contributed by atoms with van der Waals surface area (Å²) in [5, 5.41) is 10.3. The number of piperidine rings is 1. The normalized spacial score (nSPS) is 29.0. The molecule has 4 rings (SSSR count). The molecular weight excluding hydrogens is 388 g/mol. The van der Waals surface area contributed by atoms with Gasteiger partial charge in [-0.1, -0.05) is 55.4 Å². The first-order chi connectivity index (χ1) is 13.6. The van der Waals surface area contributed by atoms with Gasteiger partial charge in [-0.15, -0.1) is 11.8 Å². The third kappa shape index (κ3) is 3.89. The molecule has 0 radical (unpaired) electrons. The molecular formula is C22H30N2O2S2. The van der Waals surface area contributed by atoms with Crippen LogP contribution in [-0.4, -0.2) is 50.6 Å². The Kier molecular flexibility index (Phi) is 6.40. The van der Waals surface area contributed by atoms with E-state index in [1.165, 1.54) is 35.6 Å². The van der Waals surface area contributed by atoms with Crippen LogP contribution in [0.1, 0.15) is 45.1 Å². The number of rotatable bonds is 7. The maximum Gasteiger partial charge on any atom is 0.236 e. The number of carbonyl (C=O) groups excluding carboxylic acids is 1. The molecule has 0 bridgehead atoms. The number of allylic oxidation sites excluding steroid dienone is 1. The lowest BCUT2D eigenvalue weighted by atomic mass is 9.90. The van der Waals surface area contributed by atoms with Gasteiger partial charge in [0.1, 0.15) is 5.37 Å². The van der Waals surface area contributed by atoms with E-state index in [0.29, 0.717) is 12.5 Å². The summed E-state index contributed by atoms with van der Waals surface area (Å²) in [5.41, 5.74) is 2.48. The van der Waals surface area contributed by atoms with Crippen LogP contribution in [0.4, 0.5) is 0 Å². The van der Waals surface area contributed by atoms with E-state index in [2.05, 4.69) is 42.2 Å². The number of aliphatic hydroxyl groups excluding tert-OH is 1. The van der Waals surface area contributed by atoms with Gasteiger partial charge < -0.3 is 10.0 Å². The zero-order valence-electron chi connectivity index (χ0n) is 16.7. The van der Waals surface area contributed by atoms with E-state index in [-0.39, 0.29) is 17.2 Å². The van der Waals surface area contributed by atoms with Crippen molar-refractivity contribution in [3.8, 4) is 0 Å². The van der Waals surface area contributed by atoms with Gasteiger partial charge >= 0.3 is 0 Å². The second-order valence-corrected chi connectivity index (χ2v) is 10.4. The SMILES string of the molecule is CC[C@H](O)[C@@H]1C(=O)N2C(C)=C(SCC3CCCCN3Cc3ccccc3)S[C@H]12. The van der Waals surface area contributed by atoms with Gasteiger partial charge in [-0.2, -0.15) is 0 Å². The van der Waals surface area contributed by atoms with Crippen LogP contribution in [0.15, 0.2) is 40.3 Å². The number of benzene rings is 1. The third-order valence-electron chi connectivity index (χ3n) is 6.19. The third-order valence-corrected chi connectivity index (χ3v) is 9.19. The topological polar surface area (TPSA) is 43.8 Å². The number of amides is 1. The minimum atomic E-state index is -0.516. The monoisotopic (exact) mass is 418 g/mol. The lowest BCUT2D eigenvalue weighted by molar-refractivity contribution is -0.153. The van der Waals surface area contributed by atoms with Gasteiger partial charge in [0.15, 0.2) is 0 Å². The second kappa shape index (κ2) is 8.82. The Hall–Kier alpha value is -0.950. The molecule has 3 heterocycles. The molecule has 6 heteroatoms. The Balaban J connectivity index is 1.37. The van der Waals surface area contributed by atoms with Crippen LogP contribution in [0, 0.1) is 5.92 Å². The largest absolute Gasteiger partial charge is 0.392 e. The van der Waals surface area contributed by atoms with E-state index in [9.17, 15) is 9.90 Å². The zero-order valence-corrected chi connectivity index (χ0v) is 18.3. The van der Waals surface area contributed by atoms with Crippen LogP contribution in [0.2, 0.25) is 0 Å². The van der Waals surface area contributed by atoms with Crippen LogP contribution in [0.25, 0.3) is 0 Å². The van der Waals surface area contributed by atoms with Gasteiger partial charge in [0.25, 0.3) is 0 Å². The van der Waals surface area contributed by atoms with Gasteiger partial charge in [-0.3, -0.25) is 9.69 Å². The zero-order chi connectivity index (χ0) is 19.7. The Labute approximate surface area is 176 Å². The van der Waals surface area contributed by atoms with E-state index < -0.39 is 6.10 Å². The van der Waals surface area contributed by atoms with Gasteiger partial charge in [0.05, 0.1) is 16.3 Å². The number of likely N-dealkylation sites (tertiary alicyclic amines) is 1. The summed E-state index contributed by atoms with van der Waals surface area (Å²) in [7, 11) is 0. The molecule has 3 aliphatic heterocycles. The number of fused-ring (bicyclic) bond motifs is 1. The molecule has 0 saturated carbocycles. The predicted molar refractivity (Wildman–Crippen MR) is 118 cm³/mol. The van der Waals surface area contributed by atoms with Gasteiger partial charge in [-0.25, -0.2) is 0 Å². The van der Waals surface area contributed by atoms with Crippen molar-refractivity contribution in [3.63, 3.8) is 0 Å². The molecule has 0 aromatic heterocycles. The molecule has 0 aliphatic carbocycles. The van der Waals surface area contributed by atoms with Crippen molar-refractivity contribution in [1.82, 2.24) is 9.80 Å². The van der Waals surface area contributed by atoms with Crippen molar-refractivity contribution in [2.45, 2.75) is 63.6 Å². The van der Waals surface area contributed by atoms with Crippen molar-refractivity contribution >= 4 is 29.4 Å². The van der Waals surface area contributed by atoms with E-state index in [1.54, 1.807) is 11.8 Å². The number of aliphatic hydroxyl groups is 1. The van der Waals surface area contributed by atoms with Crippen LogP contribution < -0.4 is 0 Å². The van der Waals surface area contributed by atoms with E-state index in [0.717, 1.165) is 18.0 Å². The summed E-state index contributed by atoms with van der Waals surface area (Å²) in [6.07, 6.45) is 3.96. The van der Waals surface area contributed by atoms with Gasteiger partial charge in [-0.05, 0) is 38.3 Å². The van der Waals surface area contributed by atoms with Crippen LogP contribution in [0.3, 0.4) is 0 Å². The summed E-state index contributed by atoms with van der Waals surface area (Å²) in [6, 6.07) is 11.3. The summed E-state index contributed by atoms with van der Waals surface area (Å²) < 4.78 is 1.27. The molecule has 2 saturated heterocycles. The van der Waals surface area contributed by atoms with Crippen LogP contribution in [0.5, 0.6) is 0 Å². The standard InChI is InChI=1S/C22H30N2O2S2/c1-3-18(25)19-20(26)24-15(2)22(28-21(19)24)27-14-17-11-7-8-12-23(17)13-16-9-5-4-6-10-16/h4-6,9-10,17-19,21,25H,3,7-8,11-14H2,1-2H3/t17?,18-,19+,21+/m0/s1. The fourth-order valence-corrected chi connectivity index (χ4v) is 7.56. The van der Waals surface area contributed by atoms with Gasteiger partial charge in [0.2, 0.25) is 5.91 Å². The van der Waals surface area contributed by atoms with Crippen molar-refractivity contribution in [1.29, 1.82) is 0 Å². The number of hydrogen-bond donors (Lipinski definition) is 1. The maximum absolute atomic E-state index is 12.5. The Morgan fingerprint density at radius 1 is 1.29 bits per heavy atom. The lowest BCUT2D eigenvalue weighted by Gasteiger charge is -2.44. The van der Waals surface area contributed by atoms with Crippen molar-refractivity contribution in [2.24, 2.45) is 5.92 Å². The molecule has 1 aromatic carbocycles. The number of carbonyl (C=O) groups is 1. The molecule has 1 N–H and O–H groups in total. The Morgan fingerprint density at radius 2 is 2.07 bits per heavy atom. The molecule has 152 valence electrons. The average Bonchev–Trinajstić information content (AvgIpc) is 2.99. The molecule has 4 nitrogen and oxygen atoms in total. The molecule has 1 unspecified atom stereocenters. The highest BCUT2D eigenvalue weighted by Crippen LogP contribution is 2.54. The van der Waals surface area contributed by atoms with E-state index in [4.69, 9.17) is 0 Å². The molecule has 1 aromatic rings. The second-order valence-electron chi connectivity index (χ2n) is 8.01. The van der Waals surface area contributed by atoms with Crippen molar-refractivity contribution < 1.29 is 9.90 Å². The Bertz CT molecular complexity index is 739. The minimum Gasteiger partial charge on any atom is -0.392 e. The van der Waals surface area contributed by atoms with Crippen LogP contribution >= 0.6 is 23.5 Å². The quantitative estimate of drug-likeness (QED) is 0.670. The number of nitrogens with zero attached hydrogens (tertiary/aromatic N) is 2. The van der Waals surface area contributed by atoms with Crippen LogP contribution in [-0.2, 0) is 11.3 Å². The van der Waals surface area contributed by atoms with E-state index in [1.807, 2.05) is 23.6 Å². The minimum absolute atomic E-state index is 0.100. The first kappa shape index (κ1) is 20.3. The number of hydrogen-bond acceptors (Lipinski definition) is 5. The summed E-state index contributed by atoms with van der Waals surface area (Å²) in [4.78, 5) is 17.0. The molecule has 3 aliphatic rings. The highest BCUT2D eigenvalue weighted by atomic mass is 32.2. The maximum atomic E-state index is 12.5. The smallest absolute Gasteiger partial charge is 0.236 e. The lowest BCUT2D eigenvalue weighted by Crippen LogP contribution is -2.60. The summed E-state index contributed by atoms with van der Waals surface area (Å²) in [5.74, 6) is 0.943. The fraction of sp³-hybridized carbons (Fsp3) is 0.591. The average molecular weight is 419 g/mol. The fourth-order valence-electron chi connectivity index (χ4n) is 4.46. The predicted octanol–water partition coefficient (Wildman–Crippen LogP) is 4.27. The summed E-state index contributed by atoms with van der Waals surface area (Å²) >= 11 is 3.70. The highest BCUT2D eigenvalue weighted by molar-refractivity contribution is 8.22. The molecule has 4 atom stereocenters. The highest BCUT2D eigenvalue weighted by Gasteiger charge is 2.55.